The van der Waals surface area contributed by atoms with Crippen molar-refractivity contribution in [3.8, 4) is 0 Å². The van der Waals surface area contributed by atoms with Crippen molar-refractivity contribution in [1.29, 1.82) is 0 Å². The van der Waals surface area contributed by atoms with Gasteiger partial charge in [0.05, 0.1) is 10.5 Å². The van der Waals surface area contributed by atoms with Gasteiger partial charge in [-0.25, -0.2) is 22.5 Å². The molecule has 0 saturated heterocycles. The number of benzene rings is 2. The molecule has 9 heteroatoms. The van der Waals surface area contributed by atoms with Crippen molar-refractivity contribution >= 4 is 44.6 Å². The maximum absolute atomic E-state index is 13.3. The number of nitrogens with zero attached hydrogens (tertiary/aromatic N) is 1. The third-order valence-electron chi connectivity index (χ3n) is 4.16. The van der Waals surface area contributed by atoms with E-state index in [1.165, 1.54) is 41.7 Å². The van der Waals surface area contributed by atoms with Gasteiger partial charge >= 0.3 is 0 Å². The predicted molar refractivity (Wildman–Crippen MR) is 105 cm³/mol. The lowest BCUT2D eigenvalue weighted by Gasteiger charge is -2.08. The molecule has 2 heterocycles. The number of aromatic nitrogens is 1. The highest BCUT2D eigenvalue weighted by atomic mass is 32.2. The van der Waals surface area contributed by atoms with Gasteiger partial charge in [0, 0.05) is 29.4 Å². The molecule has 2 aromatic carbocycles. The van der Waals surface area contributed by atoms with Crippen LogP contribution in [0, 0.1) is 5.82 Å². The van der Waals surface area contributed by atoms with Crippen LogP contribution in [0.5, 0.6) is 0 Å². The smallest absolute Gasteiger partial charge is 0.256 e. The maximum atomic E-state index is 13.3. The van der Waals surface area contributed by atoms with E-state index < -0.39 is 15.8 Å². The Morgan fingerprint density at radius 1 is 1.21 bits per heavy atom. The van der Waals surface area contributed by atoms with Gasteiger partial charge in [-0.15, -0.1) is 11.3 Å². The molecule has 1 amide bonds. The van der Waals surface area contributed by atoms with Crippen molar-refractivity contribution in [2.75, 3.05) is 5.32 Å². The van der Waals surface area contributed by atoms with Crippen LogP contribution in [0.1, 0.15) is 16.1 Å². The molecule has 0 saturated carbocycles. The highest BCUT2D eigenvalue weighted by Crippen LogP contribution is 2.35. The first-order valence-corrected chi connectivity index (χ1v) is 10.6. The second kappa shape index (κ2) is 7.27. The van der Waals surface area contributed by atoms with Gasteiger partial charge in [-0.3, -0.25) is 4.79 Å². The van der Waals surface area contributed by atoms with E-state index in [9.17, 15) is 17.6 Å². The van der Waals surface area contributed by atoms with Crippen LogP contribution in [0.15, 0.2) is 58.9 Å². The summed E-state index contributed by atoms with van der Waals surface area (Å²) in [7, 11) is -3.85. The number of rotatable bonds is 5. The number of thiazole rings is 1. The molecule has 28 heavy (non-hydrogen) atoms. The molecule has 0 bridgehead atoms. The number of hydrogen-bond donors (Lipinski definition) is 2. The number of fused-ring (bicyclic) bond motifs is 1. The van der Waals surface area contributed by atoms with Crippen LogP contribution in [0.2, 0.25) is 0 Å². The standard InChI is InChI=1S/C19H14FN3O3S2/c20-13-3-1-2-12(8-13)11-22-28(25,26)14-4-5-17-15(9-14)16(19(24)23-17)10-18-21-6-7-27-18/h1-10,22H,11H2,(H,23,24)/b16-10+. The largest absolute Gasteiger partial charge is 0.321 e. The van der Waals surface area contributed by atoms with Crippen LogP contribution >= 0.6 is 11.3 Å². The minimum Gasteiger partial charge on any atom is -0.321 e. The van der Waals surface area contributed by atoms with Gasteiger partial charge in [0.15, 0.2) is 0 Å². The van der Waals surface area contributed by atoms with E-state index in [0.29, 0.717) is 27.4 Å². The highest BCUT2D eigenvalue weighted by molar-refractivity contribution is 7.89. The molecule has 142 valence electrons. The first kappa shape index (κ1) is 18.5. The molecule has 0 spiro atoms. The highest BCUT2D eigenvalue weighted by Gasteiger charge is 2.27. The fourth-order valence-corrected chi connectivity index (χ4v) is 4.43. The van der Waals surface area contributed by atoms with Crippen molar-refractivity contribution in [2.45, 2.75) is 11.4 Å². The fourth-order valence-electron chi connectivity index (χ4n) is 2.82. The van der Waals surface area contributed by atoms with E-state index in [1.54, 1.807) is 29.8 Å². The van der Waals surface area contributed by atoms with E-state index >= 15 is 0 Å². The Hall–Kier alpha value is -2.88. The normalized spacial score (nSPS) is 14.9. The maximum Gasteiger partial charge on any atom is 0.256 e. The second-order valence-corrected chi connectivity index (χ2v) is 8.74. The zero-order valence-electron chi connectivity index (χ0n) is 14.3. The summed E-state index contributed by atoms with van der Waals surface area (Å²) in [5.41, 5.74) is 1.89. The number of carbonyl (C=O) groups is 1. The quantitative estimate of drug-likeness (QED) is 0.626. The van der Waals surface area contributed by atoms with Crippen molar-refractivity contribution in [3.63, 3.8) is 0 Å². The molecule has 4 rings (SSSR count). The molecule has 0 aliphatic carbocycles. The molecule has 0 radical (unpaired) electrons. The Morgan fingerprint density at radius 2 is 2.07 bits per heavy atom. The summed E-state index contributed by atoms with van der Waals surface area (Å²) in [6.45, 7) is -0.0455. The molecule has 6 nitrogen and oxygen atoms in total. The van der Waals surface area contributed by atoms with E-state index in [0.717, 1.165) is 0 Å². The summed E-state index contributed by atoms with van der Waals surface area (Å²) < 4.78 is 41.0. The molecule has 1 aliphatic heterocycles. The zero-order chi connectivity index (χ0) is 19.7. The summed E-state index contributed by atoms with van der Waals surface area (Å²) in [6, 6.07) is 10.1. The molecule has 1 aromatic heterocycles. The molecular weight excluding hydrogens is 401 g/mol. The Balaban J connectivity index is 1.63. The number of amides is 1. The SMILES string of the molecule is O=C1Nc2ccc(S(=O)(=O)NCc3cccc(F)c3)cc2/C1=C\c1nccs1. The summed E-state index contributed by atoms with van der Waals surface area (Å²) in [5, 5.41) is 5.15. The first-order valence-electron chi connectivity index (χ1n) is 8.23. The third kappa shape index (κ3) is 3.72. The Labute approximate surface area is 164 Å². The molecule has 0 fully saturated rings. The van der Waals surface area contributed by atoms with Gasteiger partial charge in [0.1, 0.15) is 10.8 Å². The van der Waals surface area contributed by atoms with Gasteiger partial charge < -0.3 is 5.32 Å². The molecule has 3 aromatic rings. The predicted octanol–water partition coefficient (Wildman–Crippen LogP) is 3.25. The Kier molecular flexibility index (Phi) is 4.80. The van der Waals surface area contributed by atoms with Crippen LogP contribution in [0.25, 0.3) is 11.6 Å². The number of nitrogens with one attached hydrogen (secondary N) is 2. The van der Waals surface area contributed by atoms with Gasteiger partial charge in [-0.05, 0) is 42.0 Å². The Morgan fingerprint density at radius 3 is 2.82 bits per heavy atom. The van der Waals surface area contributed by atoms with Crippen molar-refractivity contribution < 1.29 is 17.6 Å². The third-order valence-corrected chi connectivity index (χ3v) is 6.28. The van der Waals surface area contributed by atoms with Gasteiger partial charge in [-0.2, -0.15) is 0 Å². The minimum atomic E-state index is -3.85. The summed E-state index contributed by atoms with van der Waals surface area (Å²) in [6.07, 6.45) is 3.25. The number of anilines is 1. The number of halogens is 1. The van der Waals surface area contributed by atoms with Gasteiger partial charge in [0.2, 0.25) is 10.0 Å². The topological polar surface area (TPSA) is 88.2 Å². The molecular formula is C19H14FN3O3S2. The number of sulfonamides is 1. The molecule has 1 aliphatic rings. The number of hydrogen-bond acceptors (Lipinski definition) is 5. The van der Waals surface area contributed by atoms with Gasteiger partial charge in [0.25, 0.3) is 5.91 Å². The average Bonchev–Trinajstić information content (AvgIpc) is 3.28. The molecule has 0 atom stereocenters. The van der Waals surface area contributed by atoms with Crippen LogP contribution in [0.4, 0.5) is 10.1 Å². The van der Waals surface area contributed by atoms with Crippen LogP contribution < -0.4 is 10.0 Å². The molecule has 2 N–H and O–H groups in total. The lowest BCUT2D eigenvalue weighted by molar-refractivity contribution is -0.110. The lowest BCUT2D eigenvalue weighted by Crippen LogP contribution is -2.23. The van der Waals surface area contributed by atoms with Crippen molar-refractivity contribution in [1.82, 2.24) is 9.71 Å². The number of carbonyl (C=O) groups excluding carboxylic acids is 1. The summed E-state index contributed by atoms with van der Waals surface area (Å²) in [5.74, 6) is -0.747. The lowest BCUT2D eigenvalue weighted by atomic mass is 10.1. The Bertz CT molecular complexity index is 1190. The van der Waals surface area contributed by atoms with E-state index in [2.05, 4.69) is 15.0 Å². The van der Waals surface area contributed by atoms with Crippen molar-refractivity contribution in [2.24, 2.45) is 0 Å². The van der Waals surface area contributed by atoms with Crippen molar-refractivity contribution in [3.05, 3.63) is 76.0 Å². The first-order chi connectivity index (χ1) is 13.4. The monoisotopic (exact) mass is 415 g/mol. The second-order valence-electron chi connectivity index (χ2n) is 6.04. The zero-order valence-corrected chi connectivity index (χ0v) is 16.0. The van der Waals surface area contributed by atoms with E-state index in [4.69, 9.17) is 0 Å². The van der Waals surface area contributed by atoms with E-state index in [1.807, 2.05) is 0 Å². The summed E-state index contributed by atoms with van der Waals surface area (Å²) >= 11 is 1.37. The van der Waals surface area contributed by atoms with Gasteiger partial charge in [-0.1, -0.05) is 12.1 Å². The van der Waals surface area contributed by atoms with Crippen LogP contribution in [0.3, 0.4) is 0 Å². The van der Waals surface area contributed by atoms with E-state index in [-0.39, 0.29) is 17.3 Å². The van der Waals surface area contributed by atoms with Crippen LogP contribution in [-0.2, 0) is 21.4 Å². The summed E-state index contributed by atoms with van der Waals surface area (Å²) in [4.78, 5) is 16.4. The fraction of sp³-hybridized carbons (Fsp3) is 0.0526. The molecule has 0 unspecified atom stereocenters. The van der Waals surface area contributed by atoms with Crippen LogP contribution in [-0.4, -0.2) is 19.3 Å². The minimum absolute atomic E-state index is 0.0178. The average molecular weight is 415 g/mol.